The molecule has 0 spiro atoms. The van der Waals surface area contributed by atoms with Crippen LogP contribution in [0, 0.1) is 17.1 Å². The van der Waals surface area contributed by atoms with Crippen molar-refractivity contribution in [1.82, 2.24) is 0 Å². The summed E-state index contributed by atoms with van der Waals surface area (Å²) in [7, 11) is 0. The summed E-state index contributed by atoms with van der Waals surface area (Å²) in [6.07, 6.45) is 1.16. The minimum atomic E-state index is -0.346. The molecule has 0 saturated carbocycles. The number of halogens is 1. The average Bonchev–Trinajstić information content (AvgIpc) is 2.05. The summed E-state index contributed by atoms with van der Waals surface area (Å²) >= 11 is 0. The molecule has 0 aliphatic carbocycles. The fourth-order valence-electron chi connectivity index (χ4n) is 1.43. The molecular weight excluding hydrogens is 167 g/mol. The number of benzene rings is 1. The van der Waals surface area contributed by atoms with Crippen molar-refractivity contribution >= 4 is 5.69 Å². The predicted molar refractivity (Wildman–Crippen MR) is 47.9 cm³/mol. The van der Waals surface area contributed by atoms with Crippen LogP contribution in [0.4, 0.5) is 10.1 Å². The molecule has 1 aliphatic heterocycles. The maximum Gasteiger partial charge on any atom is 0.124 e. The number of nitrogens with zero attached hydrogens (tertiary/aromatic N) is 2. The Kier molecular flexibility index (Phi) is 1.90. The van der Waals surface area contributed by atoms with Crippen molar-refractivity contribution in [2.45, 2.75) is 6.42 Å². The van der Waals surface area contributed by atoms with Gasteiger partial charge in [-0.25, -0.2) is 4.39 Å². The van der Waals surface area contributed by atoms with Crippen molar-refractivity contribution in [3.05, 3.63) is 29.6 Å². The van der Waals surface area contributed by atoms with E-state index in [0.717, 1.165) is 25.2 Å². The van der Waals surface area contributed by atoms with Crippen LogP contribution in [0.5, 0.6) is 0 Å². The average molecular weight is 176 g/mol. The highest BCUT2D eigenvalue weighted by Gasteiger charge is 2.17. The summed E-state index contributed by atoms with van der Waals surface area (Å²) in [5.74, 6) is -0.346. The summed E-state index contributed by atoms with van der Waals surface area (Å²) in [6, 6.07) is 6.36. The van der Waals surface area contributed by atoms with E-state index >= 15 is 0 Å². The number of nitriles is 1. The van der Waals surface area contributed by atoms with Crippen molar-refractivity contribution in [1.29, 1.82) is 5.26 Å². The van der Waals surface area contributed by atoms with Crippen molar-refractivity contribution < 1.29 is 4.39 Å². The molecular formula is C10H9FN2. The van der Waals surface area contributed by atoms with Crippen LogP contribution in [0.3, 0.4) is 0 Å². The molecule has 2 rings (SSSR count). The Morgan fingerprint density at radius 2 is 2.15 bits per heavy atom. The molecule has 3 heteroatoms. The lowest BCUT2D eigenvalue weighted by atomic mass is 10.1. The first kappa shape index (κ1) is 8.06. The highest BCUT2D eigenvalue weighted by molar-refractivity contribution is 5.60. The third-order valence-corrected chi connectivity index (χ3v) is 2.28. The highest BCUT2D eigenvalue weighted by atomic mass is 19.1. The van der Waals surface area contributed by atoms with Gasteiger partial charge in [0.2, 0.25) is 0 Å². The third kappa shape index (κ3) is 1.35. The fourth-order valence-corrected chi connectivity index (χ4v) is 1.43. The van der Waals surface area contributed by atoms with Gasteiger partial charge in [-0.15, -0.1) is 0 Å². The van der Waals surface area contributed by atoms with Gasteiger partial charge in [0, 0.05) is 13.1 Å². The Morgan fingerprint density at radius 3 is 2.69 bits per heavy atom. The van der Waals surface area contributed by atoms with Gasteiger partial charge in [0.15, 0.2) is 0 Å². The van der Waals surface area contributed by atoms with Crippen LogP contribution in [0.25, 0.3) is 0 Å². The molecule has 2 nitrogen and oxygen atoms in total. The lowest BCUT2D eigenvalue weighted by molar-refractivity contribution is 0.609. The Bertz CT molecular complexity index is 364. The lowest BCUT2D eigenvalue weighted by Gasteiger charge is -2.33. The maximum absolute atomic E-state index is 12.7. The molecule has 1 aliphatic rings. The normalized spacial score (nSPS) is 14.9. The van der Waals surface area contributed by atoms with Crippen molar-refractivity contribution in [3.8, 4) is 6.07 Å². The minimum Gasteiger partial charge on any atom is -0.370 e. The lowest BCUT2D eigenvalue weighted by Crippen LogP contribution is -2.37. The molecule has 66 valence electrons. The van der Waals surface area contributed by atoms with E-state index in [1.165, 1.54) is 12.1 Å². The van der Waals surface area contributed by atoms with Gasteiger partial charge in [-0.05, 0) is 24.6 Å². The van der Waals surface area contributed by atoms with Gasteiger partial charge < -0.3 is 4.90 Å². The summed E-state index contributed by atoms with van der Waals surface area (Å²) in [6.45, 7) is 1.95. The van der Waals surface area contributed by atoms with Crippen LogP contribution < -0.4 is 4.90 Å². The summed E-state index contributed by atoms with van der Waals surface area (Å²) in [4.78, 5) is 2.08. The molecule has 0 N–H and O–H groups in total. The number of rotatable bonds is 1. The molecule has 13 heavy (non-hydrogen) atoms. The van der Waals surface area contributed by atoms with Crippen LogP contribution in [-0.2, 0) is 0 Å². The van der Waals surface area contributed by atoms with E-state index in [9.17, 15) is 4.39 Å². The quantitative estimate of drug-likeness (QED) is 0.653. The molecule has 1 fully saturated rings. The first-order valence-electron chi connectivity index (χ1n) is 4.26. The monoisotopic (exact) mass is 176 g/mol. The van der Waals surface area contributed by atoms with Gasteiger partial charge in [0.1, 0.15) is 11.9 Å². The molecule has 0 amide bonds. The Labute approximate surface area is 76.2 Å². The number of anilines is 1. The van der Waals surface area contributed by atoms with Crippen LogP contribution in [0.15, 0.2) is 18.2 Å². The number of hydrogen-bond donors (Lipinski definition) is 0. The van der Waals surface area contributed by atoms with Gasteiger partial charge in [-0.2, -0.15) is 5.26 Å². The molecule has 0 bridgehead atoms. The van der Waals surface area contributed by atoms with E-state index in [4.69, 9.17) is 5.26 Å². The maximum atomic E-state index is 12.7. The van der Waals surface area contributed by atoms with Crippen LogP contribution in [-0.4, -0.2) is 13.1 Å². The molecule has 0 atom stereocenters. The first-order chi connectivity index (χ1) is 6.31. The van der Waals surface area contributed by atoms with Gasteiger partial charge in [0.25, 0.3) is 0 Å². The smallest absolute Gasteiger partial charge is 0.124 e. The summed E-state index contributed by atoms with van der Waals surface area (Å²) in [5.41, 5.74) is 1.29. The van der Waals surface area contributed by atoms with Crippen molar-refractivity contribution in [2.24, 2.45) is 0 Å². The molecule has 0 unspecified atom stereocenters. The SMILES string of the molecule is N#Cc1cc(F)ccc1N1CCC1. The van der Waals surface area contributed by atoms with Crippen LogP contribution in [0.2, 0.25) is 0 Å². The van der Waals surface area contributed by atoms with E-state index in [2.05, 4.69) is 4.90 Å². The number of hydrogen-bond acceptors (Lipinski definition) is 2. The zero-order valence-electron chi connectivity index (χ0n) is 7.13. The second-order valence-corrected chi connectivity index (χ2v) is 3.11. The van der Waals surface area contributed by atoms with Gasteiger partial charge in [0.05, 0.1) is 11.3 Å². The first-order valence-corrected chi connectivity index (χ1v) is 4.26. The third-order valence-electron chi connectivity index (χ3n) is 2.28. The second-order valence-electron chi connectivity index (χ2n) is 3.11. The Balaban J connectivity index is 2.39. The zero-order chi connectivity index (χ0) is 9.26. The van der Waals surface area contributed by atoms with E-state index in [0.29, 0.717) is 5.56 Å². The second kappa shape index (κ2) is 3.06. The molecule has 0 aromatic heterocycles. The predicted octanol–water partition coefficient (Wildman–Crippen LogP) is 1.91. The van der Waals surface area contributed by atoms with E-state index in [1.54, 1.807) is 6.07 Å². The molecule has 1 saturated heterocycles. The van der Waals surface area contributed by atoms with Gasteiger partial charge in [-0.1, -0.05) is 0 Å². The zero-order valence-corrected chi connectivity index (χ0v) is 7.13. The highest BCUT2D eigenvalue weighted by Crippen LogP contribution is 2.24. The molecule has 1 aromatic rings. The largest absolute Gasteiger partial charge is 0.370 e. The molecule has 1 heterocycles. The standard InChI is InChI=1S/C10H9FN2/c11-9-2-3-10(8(6-9)7-12)13-4-1-5-13/h2-3,6H,1,4-5H2. The van der Waals surface area contributed by atoms with Gasteiger partial charge >= 0.3 is 0 Å². The Morgan fingerprint density at radius 1 is 1.38 bits per heavy atom. The Hall–Kier alpha value is -1.56. The molecule has 0 radical (unpaired) electrons. The van der Waals surface area contributed by atoms with Crippen LogP contribution in [0.1, 0.15) is 12.0 Å². The van der Waals surface area contributed by atoms with Crippen molar-refractivity contribution in [3.63, 3.8) is 0 Å². The van der Waals surface area contributed by atoms with Crippen LogP contribution >= 0.6 is 0 Å². The summed E-state index contributed by atoms with van der Waals surface area (Å²) < 4.78 is 12.7. The van der Waals surface area contributed by atoms with E-state index in [1.807, 2.05) is 6.07 Å². The minimum absolute atomic E-state index is 0.346. The molecule has 1 aromatic carbocycles. The van der Waals surface area contributed by atoms with E-state index < -0.39 is 0 Å². The fraction of sp³-hybridized carbons (Fsp3) is 0.300. The van der Waals surface area contributed by atoms with Crippen molar-refractivity contribution in [2.75, 3.05) is 18.0 Å². The topological polar surface area (TPSA) is 27.0 Å². The summed E-state index contributed by atoms with van der Waals surface area (Å²) in [5, 5.41) is 8.77. The van der Waals surface area contributed by atoms with E-state index in [-0.39, 0.29) is 5.82 Å². The van der Waals surface area contributed by atoms with Gasteiger partial charge in [-0.3, -0.25) is 0 Å².